The van der Waals surface area contributed by atoms with E-state index in [1.807, 2.05) is 6.07 Å². The highest BCUT2D eigenvalue weighted by molar-refractivity contribution is 7.93. The Morgan fingerprint density at radius 1 is 1.15 bits per heavy atom. The van der Waals surface area contributed by atoms with Crippen molar-refractivity contribution >= 4 is 34.0 Å². The Hall–Kier alpha value is -3.47. The molecule has 34 heavy (non-hydrogen) atoms. The van der Waals surface area contributed by atoms with Crippen LogP contribution in [0.5, 0.6) is 0 Å². The number of likely N-dealkylation sites (tertiary alicyclic amines) is 1. The Kier molecular flexibility index (Phi) is 6.18. The van der Waals surface area contributed by atoms with Crippen LogP contribution in [0.15, 0.2) is 72.1 Å². The third kappa shape index (κ3) is 4.74. The van der Waals surface area contributed by atoms with Gasteiger partial charge in [-0.05, 0) is 54.8 Å². The van der Waals surface area contributed by atoms with E-state index in [2.05, 4.69) is 24.9 Å². The summed E-state index contributed by atoms with van der Waals surface area (Å²) < 4.78 is 15.9. The molecule has 1 saturated heterocycles. The average Bonchev–Trinajstić information content (AvgIpc) is 3.36. The summed E-state index contributed by atoms with van der Waals surface area (Å²) in [4.78, 5) is 23.8. The Bertz CT molecular complexity index is 1270. The zero-order chi connectivity index (χ0) is 23.5. The molecule has 1 atom stereocenters. The van der Waals surface area contributed by atoms with Crippen molar-refractivity contribution in [1.82, 2.24) is 25.1 Å². The van der Waals surface area contributed by atoms with Crippen molar-refractivity contribution in [2.75, 3.05) is 17.8 Å². The van der Waals surface area contributed by atoms with Gasteiger partial charge in [0, 0.05) is 43.7 Å². The topological polar surface area (TPSA) is 130 Å². The fourth-order valence-electron chi connectivity index (χ4n) is 4.20. The van der Waals surface area contributed by atoms with Crippen molar-refractivity contribution in [2.24, 2.45) is 0 Å². The lowest BCUT2D eigenvalue weighted by Crippen LogP contribution is -2.47. The van der Waals surface area contributed by atoms with Crippen LogP contribution in [0, 0.1) is 0 Å². The number of benzene rings is 2. The van der Waals surface area contributed by atoms with E-state index in [-0.39, 0.29) is 5.91 Å². The van der Waals surface area contributed by atoms with Crippen LogP contribution in [-0.4, -0.2) is 59.3 Å². The number of aromatic amines is 1. The number of rotatable bonds is 6. The number of aromatic nitrogens is 4. The first-order valence-electron chi connectivity index (χ1n) is 11.0. The summed E-state index contributed by atoms with van der Waals surface area (Å²) in [5.41, 5.74) is 2.56. The molecule has 0 spiro atoms. The van der Waals surface area contributed by atoms with E-state index in [9.17, 15) is 14.5 Å². The highest BCUT2D eigenvalue weighted by Gasteiger charge is 2.34. The van der Waals surface area contributed by atoms with Gasteiger partial charge in [-0.1, -0.05) is 6.07 Å². The molecular weight excluding hydrogens is 452 g/mol. The average molecular weight is 477 g/mol. The molecule has 9 nitrogen and oxygen atoms in total. The van der Waals surface area contributed by atoms with E-state index in [1.54, 1.807) is 66.1 Å². The first-order chi connectivity index (χ1) is 16.5. The summed E-state index contributed by atoms with van der Waals surface area (Å²) in [5, 5.41) is 17.6. The number of nitrogens with zero attached hydrogens (tertiary/aromatic N) is 4. The minimum Gasteiger partial charge on any atom is -0.588 e. The fourth-order valence-corrected chi connectivity index (χ4v) is 5.19. The monoisotopic (exact) mass is 476 g/mol. The standard InChI is InChI=1S/C24H24N6O3S/c31-23(30-12-8-24(32,9-13-30)14-17-15-27-28-16-17)18-4-6-19(7-5-18)29-34(33)21-3-1-2-20-22(21)26-11-10-25-20/h1-7,10-11,15-16,29,32H,8-9,12-14H2,(H,27,28). The molecule has 0 radical (unpaired) electrons. The molecule has 1 amide bonds. The van der Waals surface area contributed by atoms with Crippen LogP contribution in [-0.2, 0) is 17.8 Å². The molecule has 0 saturated carbocycles. The Morgan fingerprint density at radius 2 is 1.91 bits per heavy atom. The second-order valence-corrected chi connectivity index (χ2v) is 9.61. The molecule has 2 aromatic carbocycles. The van der Waals surface area contributed by atoms with Gasteiger partial charge in [0.05, 0.1) is 23.0 Å². The predicted molar refractivity (Wildman–Crippen MR) is 128 cm³/mol. The fraction of sp³-hybridized carbons (Fsp3) is 0.250. The summed E-state index contributed by atoms with van der Waals surface area (Å²) in [5.74, 6) is -0.0811. The molecular formula is C24H24N6O3S. The van der Waals surface area contributed by atoms with E-state index in [4.69, 9.17) is 0 Å². The SMILES string of the molecule is O=C(c1ccc(N[S+]([O-])c2cccc3nccnc23)cc1)N1CCC(O)(Cc2cn[nH]c2)CC1. The van der Waals surface area contributed by atoms with Crippen molar-refractivity contribution < 1.29 is 14.5 Å². The number of H-pyrrole nitrogens is 1. The highest BCUT2D eigenvalue weighted by Crippen LogP contribution is 2.27. The van der Waals surface area contributed by atoms with E-state index >= 15 is 0 Å². The number of hydrogen-bond donors (Lipinski definition) is 3. The second kappa shape index (κ2) is 9.41. The third-order valence-electron chi connectivity index (χ3n) is 6.07. The first kappa shape index (κ1) is 22.3. The maximum absolute atomic E-state index is 13.0. The van der Waals surface area contributed by atoms with Crippen molar-refractivity contribution in [3.8, 4) is 0 Å². The number of carbonyl (C=O) groups is 1. The van der Waals surface area contributed by atoms with Crippen LogP contribution in [0.2, 0.25) is 0 Å². The summed E-state index contributed by atoms with van der Waals surface area (Å²) in [6, 6.07) is 12.3. The number of hydrogen-bond acceptors (Lipinski definition) is 7. The summed E-state index contributed by atoms with van der Waals surface area (Å²) in [6.45, 7) is 0.971. The van der Waals surface area contributed by atoms with Gasteiger partial charge >= 0.3 is 0 Å². The molecule has 1 aliphatic heterocycles. The molecule has 0 aliphatic carbocycles. The zero-order valence-electron chi connectivity index (χ0n) is 18.3. The minimum absolute atomic E-state index is 0.0811. The van der Waals surface area contributed by atoms with Crippen LogP contribution < -0.4 is 4.72 Å². The van der Waals surface area contributed by atoms with Gasteiger partial charge in [-0.3, -0.25) is 14.9 Å². The number of anilines is 1. The van der Waals surface area contributed by atoms with Gasteiger partial charge in [-0.2, -0.15) is 5.10 Å². The molecule has 0 bridgehead atoms. The third-order valence-corrected chi connectivity index (χ3v) is 7.22. The van der Waals surface area contributed by atoms with Crippen molar-refractivity contribution in [2.45, 2.75) is 29.8 Å². The maximum atomic E-state index is 13.0. The molecule has 10 heteroatoms. The lowest BCUT2D eigenvalue weighted by molar-refractivity contribution is -0.0162. The van der Waals surface area contributed by atoms with Crippen LogP contribution in [0.25, 0.3) is 11.0 Å². The van der Waals surface area contributed by atoms with Gasteiger partial charge in [0.2, 0.25) is 4.90 Å². The Labute approximate surface area is 199 Å². The Balaban J connectivity index is 1.21. The normalized spacial score (nSPS) is 16.4. The molecule has 3 N–H and O–H groups in total. The number of carbonyl (C=O) groups excluding carboxylic acids is 1. The number of piperidine rings is 1. The van der Waals surface area contributed by atoms with E-state index in [0.717, 1.165) is 5.56 Å². The molecule has 174 valence electrons. The number of nitrogens with one attached hydrogen (secondary N) is 2. The molecule has 5 rings (SSSR count). The summed E-state index contributed by atoms with van der Waals surface area (Å²) in [7, 11) is 0. The van der Waals surface area contributed by atoms with E-state index in [0.29, 0.717) is 59.5 Å². The zero-order valence-corrected chi connectivity index (χ0v) is 19.2. The number of fused-ring (bicyclic) bond motifs is 1. The molecule has 1 aliphatic rings. The van der Waals surface area contributed by atoms with Crippen molar-refractivity contribution in [3.05, 3.63) is 78.4 Å². The van der Waals surface area contributed by atoms with Gasteiger partial charge in [-0.15, -0.1) is 0 Å². The maximum Gasteiger partial charge on any atom is 0.253 e. The van der Waals surface area contributed by atoms with Gasteiger partial charge in [-0.25, -0.2) is 9.71 Å². The molecule has 4 aromatic rings. The number of amides is 1. The lowest BCUT2D eigenvalue weighted by atomic mass is 9.86. The smallest absolute Gasteiger partial charge is 0.253 e. The summed E-state index contributed by atoms with van der Waals surface area (Å²) in [6.07, 6.45) is 8.21. The Morgan fingerprint density at radius 3 is 2.65 bits per heavy atom. The van der Waals surface area contributed by atoms with Gasteiger partial charge in [0.25, 0.3) is 5.91 Å². The van der Waals surface area contributed by atoms with Crippen LogP contribution in [0.3, 0.4) is 0 Å². The van der Waals surface area contributed by atoms with Crippen LogP contribution in [0.1, 0.15) is 28.8 Å². The van der Waals surface area contributed by atoms with Gasteiger partial charge < -0.3 is 14.6 Å². The number of aliphatic hydroxyl groups is 1. The van der Waals surface area contributed by atoms with E-state index < -0.39 is 17.0 Å². The van der Waals surface area contributed by atoms with Crippen LogP contribution in [0.4, 0.5) is 5.69 Å². The van der Waals surface area contributed by atoms with Gasteiger partial charge in [0.15, 0.2) is 0 Å². The lowest BCUT2D eigenvalue weighted by Gasteiger charge is -2.38. The quantitative estimate of drug-likeness (QED) is 0.365. The highest BCUT2D eigenvalue weighted by atomic mass is 32.2. The molecule has 1 unspecified atom stereocenters. The summed E-state index contributed by atoms with van der Waals surface area (Å²) >= 11 is -1.54. The predicted octanol–water partition coefficient (Wildman–Crippen LogP) is 2.70. The van der Waals surface area contributed by atoms with Gasteiger partial charge in [0.1, 0.15) is 16.9 Å². The number of para-hydroxylation sites is 1. The van der Waals surface area contributed by atoms with Crippen molar-refractivity contribution in [3.63, 3.8) is 0 Å². The van der Waals surface area contributed by atoms with Crippen LogP contribution >= 0.6 is 0 Å². The molecule has 2 aromatic heterocycles. The first-order valence-corrected chi connectivity index (χ1v) is 12.1. The largest absolute Gasteiger partial charge is 0.588 e. The van der Waals surface area contributed by atoms with Crippen molar-refractivity contribution in [1.29, 1.82) is 0 Å². The second-order valence-electron chi connectivity index (χ2n) is 8.43. The minimum atomic E-state index is -1.54. The van der Waals surface area contributed by atoms with E-state index in [1.165, 1.54) is 0 Å². The molecule has 3 heterocycles. The molecule has 1 fully saturated rings.